The van der Waals surface area contributed by atoms with Crippen molar-refractivity contribution in [3.05, 3.63) is 59.2 Å². The molecule has 0 atom stereocenters. The minimum Gasteiger partial charge on any atom is -0.507 e. The molecule has 2 rings (SSSR count). The quantitative estimate of drug-likeness (QED) is 0.516. The van der Waals surface area contributed by atoms with Crippen molar-refractivity contribution < 1.29 is 19.4 Å². The van der Waals surface area contributed by atoms with Crippen LogP contribution >= 0.6 is 0 Å². The van der Waals surface area contributed by atoms with Crippen LogP contribution in [0.2, 0.25) is 0 Å². The van der Waals surface area contributed by atoms with Gasteiger partial charge in [-0.2, -0.15) is 5.10 Å². The van der Waals surface area contributed by atoms with Crippen molar-refractivity contribution in [2.45, 2.75) is 26.8 Å². The molecule has 142 valence electrons. The van der Waals surface area contributed by atoms with Crippen LogP contribution in [0.5, 0.6) is 11.5 Å². The van der Waals surface area contributed by atoms with Gasteiger partial charge in [0.2, 0.25) is 5.91 Å². The van der Waals surface area contributed by atoms with Gasteiger partial charge in [-0.3, -0.25) is 9.59 Å². The fraction of sp³-hybridized carbons (Fsp3) is 0.250. The second kappa shape index (κ2) is 9.38. The van der Waals surface area contributed by atoms with Gasteiger partial charge in [-0.25, -0.2) is 5.43 Å². The van der Waals surface area contributed by atoms with Crippen LogP contribution in [0, 0.1) is 6.92 Å². The molecule has 0 aliphatic heterocycles. The van der Waals surface area contributed by atoms with E-state index >= 15 is 0 Å². The Labute approximate surface area is 158 Å². The van der Waals surface area contributed by atoms with Gasteiger partial charge in [-0.15, -0.1) is 0 Å². The highest BCUT2D eigenvalue weighted by molar-refractivity contribution is 6.01. The Kier molecular flexibility index (Phi) is 6.93. The maximum atomic E-state index is 12.1. The summed E-state index contributed by atoms with van der Waals surface area (Å²) in [5.41, 5.74) is 4.39. The normalized spacial score (nSPS) is 11.0. The molecule has 7 heteroatoms. The van der Waals surface area contributed by atoms with Crippen LogP contribution in [0.4, 0.5) is 0 Å². The zero-order chi connectivity index (χ0) is 19.8. The number of ether oxygens (including phenoxy) is 1. The van der Waals surface area contributed by atoms with Gasteiger partial charge in [0, 0.05) is 17.8 Å². The van der Waals surface area contributed by atoms with Gasteiger partial charge in [0.1, 0.15) is 11.5 Å². The Morgan fingerprint density at radius 2 is 1.89 bits per heavy atom. The summed E-state index contributed by atoms with van der Waals surface area (Å²) < 4.78 is 5.24. The van der Waals surface area contributed by atoms with Crippen LogP contribution < -0.4 is 15.5 Å². The molecule has 0 bridgehead atoms. The summed E-state index contributed by atoms with van der Waals surface area (Å²) in [5.74, 6) is -0.148. The minimum atomic E-state index is -0.537. The van der Waals surface area contributed by atoms with Gasteiger partial charge in [0.05, 0.1) is 19.1 Å². The molecule has 27 heavy (non-hydrogen) atoms. The standard InChI is InChI=1S/C20H23N3O4/c1-13-7-6-9-16(19(13)25)20(26)23-22-14(2)11-18(24)21-12-15-8-4-5-10-17(15)27-3/h4-10,25H,11-12H2,1-3H3,(H,21,24)(H,23,26)/b22-14-. The second-order valence-corrected chi connectivity index (χ2v) is 6.02. The molecule has 0 aliphatic carbocycles. The number of rotatable bonds is 7. The molecule has 3 N–H and O–H groups in total. The number of phenols is 1. The Balaban J connectivity index is 1.88. The minimum absolute atomic E-state index is 0.0369. The lowest BCUT2D eigenvalue weighted by Gasteiger charge is -2.09. The molecule has 0 unspecified atom stereocenters. The molecule has 2 amide bonds. The largest absolute Gasteiger partial charge is 0.507 e. The number of nitrogens with zero attached hydrogens (tertiary/aromatic N) is 1. The SMILES string of the molecule is COc1ccccc1CNC(=O)C/C(C)=N\NC(=O)c1cccc(C)c1O. The summed E-state index contributed by atoms with van der Waals surface area (Å²) in [6, 6.07) is 12.3. The number of aryl methyl sites for hydroxylation is 1. The third-order valence-electron chi connectivity index (χ3n) is 3.92. The predicted molar refractivity (Wildman–Crippen MR) is 103 cm³/mol. The molecule has 0 saturated heterocycles. The molecule has 7 nitrogen and oxygen atoms in total. The zero-order valence-electron chi connectivity index (χ0n) is 15.6. The van der Waals surface area contributed by atoms with Crippen molar-refractivity contribution >= 4 is 17.5 Å². The van der Waals surface area contributed by atoms with E-state index in [1.807, 2.05) is 24.3 Å². The third kappa shape index (κ3) is 5.57. The van der Waals surface area contributed by atoms with Crippen LogP contribution in [0.25, 0.3) is 0 Å². The van der Waals surface area contributed by atoms with Crippen LogP contribution in [0.3, 0.4) is 0 Å². The molecule has 0 spiro atoms. The van der Waals surface area contributed by atoms with E-state index in [9.17, 15) is 14.7 Å². The van der Waals surface area contributed by atoms with Crippen LogP contribution in [0.15, 0.2) is 47.6 Å². The van der Waals surface area contributed by atoms with Crippen molar-refractivity contribution in [1.82, 2.24) is 10.7 Å². The molecule has 2 aromatic rings. The second-order valence-electron chi connectivity index (χ2n) is 6.02. The first-order valence-corrected chi connectivity index (χ1v) is 8.43. The smallest absolute Gasteiger partial charge is 0.275 e. The van der Waals surface area contributed by atoms with Crippen molar-refractivity contribution in [2.75, 3.05) is 7.11 Å². The number of aromatic hydroxyl groups is 1. The Hall–Kier alpha value is -3.35. The number of methoxy groups -OCH3 is 1. The Bertz CT molecular complexity index is 862. The molecular weight excluding hydrogens is 346 g/mol. The zero-order valence-corrected chi connectivity index (χ0v) is 15.6. The molecule has 0 aromatic heterocycles. The topological polar surface area (TPSA) is 100 Å². The highest BCUT2D eigenvalue weighted by atomic mass is 16.5. The van der Waals surface area contributed by atoms with E-state index in [-0.39, 0.29) is 23.6 Å². The van der Waals surface area contributed by atoms with Gasteiger partial charge >= 0.3 is 0 Å². The van der Waals surface area contributed by atoms with Crippen molar-refractivity contribution in [3.63, 3.8) is 0 Å². The number of nitrogens with one attached hydrogen (secondary N) is 2. The van der Waals surface area contributed by atoms with Crippen LogP contribution in [-0.2, 0) is 11.3 Å². The molecule has 0 heterocycles. The number of phenolic OH excluding ortho intramolecular Hbond substituents is 1. The highest BCUT2D eigenvalue weighted by Gasteiger charge is 2.12. The molecule has 0 fully saturated rings. The van der Waals surface area contributed by atoms with E-state index in [0.29, 0.717) is 23.6 Å². The van der Waals surface area contributed by atoms with Crippen molar-refractivity contribution in [2.24, 2.45) is 5.10 Å². The lowest BCUT2D eigenvalue weighted by Crippen LogP contribution is -2.26. The summed E-state index contributed by atoms with van der Waals surface area (Å²) >= 11 is 0. The fourth-order valence-corrected chi connectivity index (χ4v) is 2.43. The predicted octanol–water partition coefficient (Wildman–Crippen LogP) is 2.52. The number of hydrogen-bond acceptors (Lipinski definition) is 5. The average Bonchev–Trinajstić information content (AvgIpc) is 2.66. The van der Waals surface area contributed by atoms with Gasteiger partial charge in [0.15, 0.2) is 0 Å². The number of hydrazone groups is 1. The summed E-state index contributed by atoms with van der Waals surface area (Å²) in [6.45, 7) is 3.67. The Morgan fingerprint density at radius 1 is 1.15 bits per heavy atom. The summed E-state index contributed by atoms with van der Waals surface area (Å²) in [7, 11) is 1.58. The number of para-hydroxylation sites is 2. The summed E-state index contributed by atoms with van der Waals surface area (Å²) in [6.07, 6.45) is 0.0369. The molecular formula is C20H23N3O4. The van der Waals surface area contributed by atoms with Crippen molar-refractivity contribution in [1.29, 1.82) is 0 Å². The van der Waals surface area contributed by atoms with E-state index in [0.717, 1.165) is 5.56 Å². The van der Waals surface area contributed by atoms with Gasteiger partial charge < -0.3 is 15.2 Å². The monoisotopic (exact) mass is 369 g/mol. The van der Waals surface area contributed by atoms with Crippen molar-refractivity contribution in [3.8, 4) is 11.5 Å². The van der Waals surface area contributed by atoms with Gasteiger partial charge in [-0.05, 0) is 31.5 Å². The number of carbonyl (C=O) groups is 2. The first-order chi connectivity index (χ1) is 12.9. The van der Waals surface area contributed by atoms with Gasteiger partial charge in [0.25, 0.3) is 5.91 Å². The number of hydrogen-bond donors (Lipinski definition) is 3. The molecule has 0 saturated carbocycles. The highest BCUT2D eigenvalue weighted by Crippen LogP contribution is 2.21. The maximum absolute atomic E-state index is 12.1. The molecule has 0 radical (unpaired) electrons. The molecule has 2 aromatic carbocycles. The average molecular weight is 369 g/mol. The number of carbonyl (C=O) groups excluding carboxylic acids is 2. The third-order valence-corrected chi connectivity index (χ3v) is 3.92. The summed E-state index contributed by atoms with van der Waals surface area (Å²) in [4.78, 5) is 24.2. The van der Waals surface area contributed by atoms with Crippen LogP contribution in [-0.4, -0.2) is 29.7 Å². The first-order valence-electron chi connectivity index (χ1n) is 8.43. The number of amides is 2. The van der Waals surface area contributed by atoms with E-state index in [1.54, 1.807) is 33.1 Å². The lowest BCUT2D eigenvalue weighted by atomic mass is 10.1. The first kappa shape index (κ1) is 20.0. The lowest BCUT2D eigenvalue weighted by molar-refractivity contribution is -0.120. The molecule has 0 aliphatic rings. The Morgan fingerprint density at radius 3 is 2.63 bits per heavy atom. The van der Waals surface area contributed by atoms with Gasteiger partial charge in [-0.1, -0.05) is 30.3 Å². The van der Waals surface area contributed by atoms with E-state index in [1.165, 1.54) is 6.07 Å². The number of benzene rings is 2. The van der Waals surface area contributed by atoms with E-state index in [2.05, 4.69) is 15.8 Å². The fourth-order valence-electron chi connectivity index (χ4n) is 2.43. The maximum Gasteiger partial charge on any atom is 0.275 e. The van der Waals surface area contributed by atoms with Crippen LogP contribution in [0.1, 0.15) is 34.8 Å². The van der Waals surface area contributed by atoms with E-state index in [4.69, 9.17) is 4.74 Å². The summed E-state index contributed by atoms with van der Waals surface area (Å²) in [5, 5.41) is 16.6. The van der Waals surface area contributed by atoms with E-state index < -0.39 is 5.91 Å².